The van der Waals surface area contributed by atoms with Crippen molar-refractivity contribution >= 4 is 11.0 Å². The first-order valence-electron chi connectivity index (χ1n) is 13.3. The number of hydrogen-bond acceptors (Lipinski definition) is 15. The summed E-state index contributed by atoms with van der Waals surface area (Å²) in [6, 6.07) is 8.01. The smallest absolute Gasteiger partial charge is 0.235 e. The number of phenolic OH excluding ortho intramolecular Hbond substituents is 1. The van der Waals surface area contributed by atoms with Crippen LogP contribution in [0.15, 0.2) is 45.6 Å². The van der Waals surface area contributed by atoms with Crippen molar-refractivity contribution in [3.63, 3.8) is 0 Å². The van der Waals surface area contributed by atoms with E-state index in [1.165, 1.54) is 50.4 Å². The van der Waals surface area contributed by atoms with E-state index in [1.54, 1.807) is 0 Å². The van der Waals surface area contributed by atoms with Gasteiger partial charge in [0.1, 0.15) is 54.1 Å². The number of hydrogen-bond donors (Lipinski definition) is 8. The highest BCUT2D eigenvalue weighted by Crippen LogP contribution is 2.38. The van der Waals surface area contributed by atoms with E-state index in [-0.39, 0.29) is 39.5 Å². The molecule has 0 bridgehead atoms. The van der Waals surface area contributed by atoms with Gasteiger partial charge in [0, 0.05) is 11.6 Å². The van der Waals surface area contributed by atoms with Crippen LogP contribution in [0.2, 0.25) is 0 Å². The highest BCUT2D eigenvalue weighted by atomic mass is 16.7. The van der Waals surface area contributed by atoms with Gasteiger partial charge in [-0.3, -0.25) is 4.79 Å². The van der Waals surface area contributed by atoms with Gasteiger partial charge < -0.3 is 69.0 Å². The molecule has 10 atom stereocenters. The zero-order chi connectivity index (χ0) is 31.2. The molecular formula is C28H32O15. The highest BCUT2D eigenvalue weighted by Gasteiger charge is 2.46. The Bertz CT molecular complexity index is 1510. The standard InChI is InChI=1S/C28H32O15/c1-10-18(31)21(34)23(36)27(39-10)40-12-4-5-13-15(8-12)41-25(11-3-6-14(30)16(7-11)38-2)26(19(13)32)43-28-24(37)22(35)20(33)17(9-29)42-28/h3-8,10,17-18,20-24,27-31,33-37H,9H2,1-2H3/t10-,17+,18-,20+,21+,22-,23+,24+,27-,28-/m0/s1. The van der Waals surface area contributed by atoms with E-state index in [9.17, 15) is 45.6 Å². The summed E-state index contributed by atoms with van der Waals surface area (Å²) < 4.78 is 33.6. The first kappa shape index (κ1) is 30.9. The molecule has 1 aromatic heterocycles. The molecule has 2 aromatic carbocycles. The molecule has 2 saturated heterocycles. The lowest BCUT2D eigenvalue weighted by Crippen LogP contribution is -2.60. The maximum absolute atomic E-state index is 13.8. The number of ether oxygens (including phenoxy) is 5. The third-order valence-corrected chi connectivity index (χ3v) is 7.41. The number of benzene rings is 2. The first-order chi connectivity index (χ1) is 20.4. The summed E-state index contributed by atoms with van der Waals surface area (Å²) in [5.41, 5.74) is -0.617. The van der Waals surface area contributed by atoms with Crippen LogP contribution in [0.1, 0.15) is 6.92 Å². The van der Waals surface area contributed by atoms with Crippen LogP contribution < -0.4 is 19.6 Å². The summed E-state index contributed by atoms with van der Waals surface area (Å²) in [6.45, 7) is 0.765. The van der Waals surface area contributed by atoms with Crippen LogP contribution in [0.25, 0.3) is 22.3 Å². The van der Waals surface area contributed by atoms with Crippen molar-refractivity contribution in [2.45, 2.75) is 68.3 Å². The minimum atomic E-state index is -1.83. The van der Waals surface area contributed by atoms with Gasteiger partial charge >= 0.3 is 0 Å². The molecule has 43 heavy (non-hydrogen) atoms. The third-order valence-electron chi connectivity index (χ3n) is 7.41. The van der Waals surface area contributed by atoms with Gasteiger partial charge in [-0.15, -0.1) is 0 Å². The zero-order valence-electron chi connectivity index (χ0n) is 22.9. The quantitative estimate of drug-likeness (QED) is 0.153. The van der Waals surface area contributed by atoms with Crippen LogP contribution in [0.4, 0.5) is 0 Å². The Morgan fingerprint density at radius 1 is 0.814 bits per heavy atom. The lowest BCUT2D eigenvalue weighted by molar-refractivity contribution is -0.277. The monoisotopic (exact) mass is 608 g/mol. The molecule has 3 aromatic rings. The average Bonchev–Trinajstić information content (AvgIpc) is 3.00. The molecule has 5 rings (SSSR count). The molecule has 15 nitrogen and oxygen atoms in total. The molecule has 234 valence electrons. The van der Waals surface area contributed by atoms with Crippen LogP contribution in [-0.4, -0.2) is 116 Å². The molecule has 2 aliphatic heterocycles. The largest absolute Gasteiger partial charge is 0.504 e. The van der Waals surface area contributed by atoms with Crippen LogP contribution in [0, 0.1) is 0 Å². The molecule has 3 heterocycles. The fourth-order valence-electron chi connectivity index (χ4n) is 4.87. The number of aliphatic hydroxyl groups excluding tert-OH is 7. The molecule has 15 heteroatoms. The van der Waals surface area contributed by atoms with Gasteiger partial charge in [0.05, 0.1) is 25.2 Å². The van der Waals surface area contributed by atoms with Crippen molar-refractivity contribution in [2.75, 3.05) is 13.7 Å². The van der Waals surface area contributed by atoms with Crippen LogP contribution in [-0.2, 0) is 9.47 Å². The van der Waals surface area contributed by atoms with Crippen molar-refractivity contribution in [1.29, 1.82) is 0 Å². The minimum Gasteiger partial charge on any atom is -0.504 e. The molecular weight excluding hydrogens is 576 g/mol. The van der Waals surface area contributed by atoms with E-state index in [0.717, 1.165) is 0 Å². The molecule has 2 fully saturated rings. The Hall–Kier alpha value is -3.51. The fraction of sp³-hybridized carbons (Fsp3) is 0.464. The highest BCUT2D eigenvalue weighted by molar-refractivity contribution is 5.83. The summed E-state index contributed by atoms with van der Waals surface area (Å²) in [4.78, 5) is 13.8. The number of aliphatic hydroxyl groups is 7. The van der Waals surface area contributed by atoms with Gasteiger partial charge in [0.2, 0.25) is 23.8 Å². The maximum Gasteiger partial charge on any atom is 0.235 e. The molecule has 2 aliphatic rings. The number of aromatic hydroxyl groups is 1. The number of methoxy groups -OCH3 is 1. The van der Waals surface area contributed by atoms with Gasteiger partial charge in [-0.1, -0.05) is 0 Å². The molecule has 0 radical (unpaired) electrons. The summed E-state index contributed by atoms with van der Waals surface area (Å²) in [7, 11) is 1.31. The molecule has 0 saturated carbocycles. The summed E-state index contributed by atoms with van der Waals surface area (Å²) in [6.07, 6.45) is -15.0. The second kappa shape index (κ2) is 12.2. The van der Waals surface area contributed by atoms with E-state index >= 15 is 0 Å². The van der Waals surface area contributed by atoms with E-state index < -0.39 is 79.2 Å². The Morgan fingerprint density at radius 3 is 2.16 bits per heavy atom. The van der Waals surface area contributed by atoms with Crippen LogP contribution in [0.5, 0.6) is 23.0 Å². The van der Waals surface area contributed by atoms with Crippen molar-refractivity contribution in [1.82, 2.24) is 0 Å². The SMILES string of the molecule is COc1cc(-c2oc3cc(O[C@@H]4O[C@@H](C)[C@H](O)[C@@H](O)[C@H]4O)ccc3c(=O)c2O[C@@H]2O[C@H](CO)[C@@H](O)[C@H](O)[C@H]2O)ccc1O. The van der Waals surface area contributed by atoms with Crippen molar-refractivity contribution in [3.05, 3.63) is 46.6 Å². The Kier molecular flexibility index (Phi) is 8.80. The van der Waals surface area contributed by atoms with E-state index in [2.05, 4.69) is 0 Å². The lowest BCUT2D eigenvalue weighted by Gasteiger charge is -2.39. The lowest BCUT2D eigenvalue weighted by atomic mass is 9.99. The third kappa shape index (κ3) is 5.74. The van der Waals surface area contributed by atoms with Gasteiger partial charge in [-0.2, -0.15) is 0 Å². The Morgan fingerprint density at radius 2 is 1.49 bits per heavy atom. The number of rotatable bonds is 7. The normalized spacial score (nSPS) is 32.9. The molecule has 8 N–H and O–H groups in total. The first-order valence-corrected chi connectivity index (χ1v) is 13.3. The molecule has 0 spiro atoms. The maximum atomic E-state index is 13.8. The second-order valence-electron chi connectivity index (χ2n) is 10.2. The summed E-state index contributed by atoms with van der Waals surface area (Å²) in [5, 5.41) is 80.9. The van der Waals surface area contributed by atoms with Gasteiger partial charge in [0.15, 0.2) is 17.3 Å². The van der Waals surface area contributed by atoms with E-state index in [0.29, 0.717) is 0 Å². The molecule has 0 unspecified atom stereocenters. The predicted octanol–water partition coefficient (Wildman–Crippen LogP) is -1.44. The summed E-state index contributed by atoms with van der Waals surface area (Å²) >= 11 is 0. The minimum absolute atomic E-state index is 0.0226. The predicted molar refractivity (Wildman–Crippen MR) is 144 cm³/mol. The number of phenols is 1. The van der Waals surface area contributed by atoms with Crippen molar-refractivity contribution in [3.8, 4) is 34.3 Å². The topological polar surface area (TPSA) is 238 Å². The number of fused-ring (bicyclic) bond motifs is 1. The summed E-state index contributed by atoms with van der Waals surface area (Å²) in [5.74, 6) is -0.822. The van der Waals surface area contributed by atoms with Gasteiger partial charge in [-0.05, 0) is 37.3 Å². The zero-order valence-corrected chi connectivity index (χ0v) is 22.9. The Balaban J connectivity index is 1.58. The second-order valence-corrected chi connectivity index (χ2v) is 10.2. The Labute approximate surface area is 243 Å². The average molecular weight is 609 g/mol. The van der Waals surface area contributed by atoms with Crippen molar-refractivity contribution < 1.29 is 69.0 Å². The molecule has 0 amide bonds. The van der Waals surface area contributed by atoms with Crippen LogP contribution >= 0.6 is 0 Å². The van der Waals surface area contributed by atoms with Crippen molar-refractivity contribution in [2.24, 2.45) is 0 Å². The fourth-order valence-corrected chi connectivity index (χ4v) is 4.87. The molecule has 0 aliphatic carbocycles. The van der Waals surface area contributed by atoms with Crippen LogP contribution in [0.3, 0.4) is 0 Å². The van der Waals surface area contributed by atoms with E-state index in [1.807, 2.05) is 0 Å². The van der Waals surface area contributed by atoms with Gasteiger partial charge in [-0.25, -0.2) is 0 Å². The van der Waals surface area contributed by atoms with Gasteiger partial charge in [0.25, 0.3) is 0 Å². The van der Waals surface area contributed by atoms with E-state index in [4.69, 9.17) is 28.1 Å².